The number of amides is 1. The smallest absolute Gasteiger partial charge is 0.239 e. The first-order chi connectivity index (χ1) is 8.15. The molecule has 1 aromatic carbocycles. The second-order valence-electron chi connectivity index (χ2n) is 3.96. The number of carbonyl (C=O) groups is 1. The minimum Gasteiger partial charge on any atom is -0.497 e. The maximum atomic E-state index is 11.5. The van der Waals surface area contributed by atoms with Gasteiger partial charge in [0, 0.05) is 11.7 Å². The van der Waals surface area contributed by atoms with Crippen molar-refractivity contribution >= 4 is 11.6 Å². The molecule has 4 nitrogen and oxygen atoms in total. The van der Waals surface area contributed by atoms with Crippen molar-refractivity contribution in [1.29, 1.82) is 0 Å². The summed E-state index contributed by atoms with van der Waals surface area (Å²) < 4.78 is 5.05. The molecule has 0 aromatic heterocycles. The first-order valence-corrected chi connectivity index (χ1v) is 5.83. The predicted molar refractivity (Wildman–Crippen MR) is 69.4 cm³/mol. The van der Waals surface area contributed by atoms with Crippen molar-refractivity contribution < 1.29 is 9.53 Å². The number of nitrogens with one attached hydrogen (secondary N) is 2. The van der Waals surface area contributed by atoms with Gasteiger partial charge in [0.05, 0.1) is 13.7 Å². The summed E-state index contributed by atoms with van der Waals surface area (Å²) in [6, 6.07) is 7.70. The summed E-state index contributed by atoms with van der Waals surface area (Å²) in [6.07, 6.45) is 0.939. The average Bonchev–Trinajstić information content (AvgIpc) is 2.36. The van der Waals surface area contributed by atoms with E-state index in [-0.39, 0.29) is 18.5 Å². The summed E-state index contributed by atoms with van der Waals surface area (Å²) in [5.74, 6) is 0.815. The minimum absolute atomic E-state index is 0.00941. The third kappa shape index (κ3) is 4.76. The molecule has 2 N–H and O–H groups in total. The normalized spacial score (nSPS) is 11.7. The van der Waals surface area contributed by atoms with Crippen LogP contribution in [0.2, 0.25) is 0 Å². The van der Waals surface area contributed by atoms with Gasteiger partial charge in [-0.25, -0.2) is 0 Å². The van der Waals surface area contributed by atoms with Crippen molar-refractivity contribution in [2.75, 3.05) is 19.0 Å². The minimum atomic E-state index is 0.00941. The Morgan fingerprint density at radius 3 is 2.53 bits per heavy atom. The zero-order valence-electron chi connectivity index (χ0n) is 10.6. The fraction of sp³-hybridized carbons (Fsp3) is 0.462. The van der Waals surface area contributed by atoms with E-state index in [0.29, 0.717) is 0 Å². The monoisotopic (exact) mass is 236 g/mol. The lowest BCUT2D eigenvalue weighted by Gasteiger charge is -2.12. The standard InChI is InChI=1S/C13H20N2O2/c1-4-10(2)15-13(16)9-14-11-5-7-12(17-3)8-6-11/h5-8,10,14H,4,9H2,1-3H3,(H,15,16). The van der Waals surface area contributed by atoms with Gasteiger partial charge in [0.1, 0.15) is 5.75 Å². The Morgan fingerprint density at radius 2 is 2.00 bits per heavy atom. The quantitative estimate of drug-likeness (QED) is 0.794. The van der Waals surface area contributed by atoms with Gasteiger partial charge < -0.3 is 15.4 Å². The first-order valence-electron chi connectivity index (χ1n) is 5.83. The van der Waals surface area contributed by atoms with Crippen LogP contribution < -0.4 is 15.4 Å². The van der Waals surface area contributed by atoms with Gasteiger partial charge >= 0.3 is 0 Å². The van der Waals surface area contributed by atoms with Crippen LogP contribution in [-0.2, 0) is 4.79 Å². The molecule has 1 amide bonds. The van der Waals surface area contributed by atoms with E-state index < -0.39 is 0 Å². The Hall–Kier alpha value is -1.71. The largest absolute Gasteiger partial charge is 0.497 e. The van der Waals surface area contributed by atoms with Crippen molar-refractivity contribution in [2.45, 2.75) is 26.3 Å². The molecule has 0 aliphatic carbocycles. The molecule has 0 radical (unpaired) electrons. The molecule has 0 saturated carbocycles. The fourth-order valence-electron chi connectivity index (χ4n) is 1.32. The van der Waals surface area contributed by atoms with E-state index in [1.54, 1.807) is 7.11 Å². The second kappa shape index (κ2) is 6.78. The van der Waals surface area contributed by atoms with E-state index in [1.807, 2.05) is 38.1 Å². The van der Waals surface area contributed by atoms with E-state index in [1.165, 1.54) is 0 Å². The summed E-state index contributed by atoms with van der Waals surface area (Å²) in [4.78, 5) is 11.5. The zero-order chi connectivity index (χ0) is 12.7. The summed E-state index contributed by atoms with van der Waals surface area (Å²) in [6.45, 7) is 4.32. The number of carbonyl (C=O) groups excluding carboxylic acids is 1. The van der Waals surface area contributed by atoms with E-state index in [9.17, 15) is 4.79 Å². The van der Waals surface area contributed by atoms with Gasteiger partial charge in [0.25, 0.3) is 0 Å². The maximum absolute atomic E-state index is 11.5. The maximum Gasteiger partial charge on any atom is 0.239 e. The molecule has 17 heavy (non-hydrogen) atoms. The third-order valence-electron chi connectivity index (χ3n) is 2.56. The number of ether oxygens (including phenoxy) is 1. The lowest BCUT2D eigenvalue weighted by Crippen LogP contribution is -2.36. The summed E-state index contributed by atoms with van der Waals surface area (Å²) in [5, 5.41) is 5.95. The third-order valence-corrected chi connectivity index (χ3v) is 2.56. The van der Waals surface area contributed by atoms with Crippen LogP contribution in [0.1, 0.15) is 20.3 Å². The van der Waals surface area contributed by atoms with E-state index in [0.717, 1.165) is 17.9 Å². The van der Waals surface area contributed by atoms with E-state index >= 15 is 0 Å². The highest BCUT2D eigenvalue weighted by Gasteiger charge is 2.04. The molecule has 0 aliphatic rings. The molecule has 0 aliphatic heterocycles. The van der Waals surface area contributed by atoms with E-state index in [2.05, 4.69) is 10.6 Å². The molecule has 1 atom stereocenters. The van der Waals surface area contributed by atoms with Crippen LogP contribution in [-0.4, -0.2) is 25.6 Å². The van der Waals surface area contributed by atoms with Crippen LogP contribution in [0.15, 0.2) is 24.3 Å². The van der Waals surface area contributed by atoms with Crippen LogP contribution >= 0.6 is 0 Å². The van der Waals surface area contributed by atoms with Gasteiger partial charge in [-0.1, -0.05) is 6.92 Å². The van der Waals surface area contributed by atoms with Crippen LogP contribution in [0.25, 0.3) is 0 Å². The van der Waals surface area contributed by atoms with Gasteiger partial charge in [0.2, 0.25) is 5.91 Å². The molecule has 0 spiro atoms. The van der Waals surface area contributed by atoms with Gasteiger partial charge in [-0.2, -0.15) is 0 Å². The second-order valence-corrected chi connectivity index (χ2v) is 3.96. The lowest BCUT2D eigenvalue weighted by atomic mass is 10.2. The topological polar surface area (TPSA) is 50.4 Å². The Labute approximate surface area is 102 Å². The number of hydrogen-bond donors (Lipinski definition) is 2. The SMILES string of the molecule is CCC(C)NC(=O)CNc1ccc(OC)cc1. The highest BCUT2D eigenvalue weighted by Crippen LogP contribution is 2.14. The summed E-state index contributed by atoms with van der Waals surface area (Å²) >= 11 is 0. The molecule has 1 aromatic rings. The molecule has 4 heteroatoms. The predicted octanol–water partition coefficient (Wildman–Crippen LogP) is 2.02. The highest BCUT2D eigenvalue weighted by atomic mass is 16.5. The van der Waals surface area contributed by atoms with Crippen LogP contribution in [0.5, 0.6) is 5.75 Å². The van der Waals surface area contributed by atoms with Crippen molar-refractivity contribution in [3.05, 3.63) is 24.3 Å². The molecule has 0 fully saturated rings. The molecule has 1 rings (SSSR count). The Morgan fingerprint density at radius 1 is 1.35 bits per heavy atom. The fourth-order valence-corrected chi connectivity index (χ4v) is 1.32. The number of rotatable bonds is 6. The number of hydrogen-bond acceptors (Lipinski definition) is 3. The molecule has 0 bridgehead atoms. The van der Waals surface area contributed by atoms with Crippen molar-refractivity contribution in [2.24, 2.45) is 0 Å². The Kier molecular flexibility index (Phi) is 5.33. The highest BCUT2D eigenvalue weighted by molar-refractivity contribution is 5.80. The number of anilines is 1. The Balaban J connectivity index is 2.36. The number of methoxy groups -OCH3 is 1. The molecule has 0 heterocycles. The van der Waals surface area contributed by atoms with E-state index in [4.69, 9.17) is 4.74 Å². The van der Waals surface area contributed by atoms with Crippen LogP contribution in [0.4, 0.5) is 5.69 Å². The van der Waals surface area contributed by atoms with Gasteiger partial charge in [-0.3, -0.25) is 4.79 Å². The van der Waals surface area contributed by atoms with Gasteiger partial charge in [-0.15, -0.1) is 0 Å². The first kappa shape index (κ1) is 13.4. The van der Waals surface area contributed by atoms with Crippen molar-refractivity contribution in [3.63, 3.8) is 0 Å². The average molecular weight is 236 g/mol. The van der Waals surface area contributed by atoms with Gasteiger partial charge in [0.15, 0.2) is 0 Å². The molecule has 1 unspecified atom stereocenters. The van der Waals surface area contributed by atoms with Crippen LogP contribution in [0.3, 0.4) is 0 Å². The van der Waals surface area contributed by atoms with Crippen LogP contribution in [0, 0.1) is 0 Å². The number of benzene rings is 1. The van der Waals surface area contributed by atoms with Gasteiger partial charge in [-0.05, 0) is 37.6 Å². The van der Waals surface area contributed by atoms with Crippen molar-refractivity contribution in [3.8, 4) is 5.75 Å². The lowest BCUT2D eigenvalue weighted by molar-refractivity contribution is -0.120. The molecular formula is C13H20N2O2. The zero-order valence-corrected chi connectivity index (χ0v) is 10.6. The summed E-state index contributed by atoms with van der Waals surface area (Å²) in [5.41, 5.74) is 0.908. The molecule has 0 saturated heterocycles. The van der Waals surface area contributed by atoms with Crippen molar-refractivity contribution in [1.82, 2.24) is 5.32 Å². The summed E-state index contributed by atoms with van der Waals surface area (Å²) in [7, 11) is 1.63. The Bertz CT molecular complexity index is 349. The molecule has 94 valence electrons. The molecular weight excluding hydrogens is 216 g/mol.